The molecule has 0 spiro atoms. The molecule has 0 aromatic heterocycles. The van der Waals surface area contributed by atoms with E-state index < -0.39 is 11.4 Å². The van der Waals surface area contributed by atoms with Gasteiger partial charge in [0, 0.05) is 0 Å². The summed E-state index contributed by atoms with van der Waals surface area (Å²) in [5, 5.41) is 0. The van der Waals surface area contributed by atoms with E-state index in [0.717, 1.165) is 12.3 Å². The summed E-state index contributed by atoms with van der Waals surface area (Å²) in [6, 6.07) is 0. The lowest BCUT2D eigenvalue weighted by Gasteiger charge is -2.01. The van der Waals surface area contributed by atoms with Crippen molar-refractivity contribution in [3.05, 3.63) is 0 Å². The van der Waals surface area contributed by atoms with Crippen LogP contribution >= 0.6 is 0 Å². The van der Waals surface area contributed by atoms with Gasteiger partial charge in [0.2, 0.25) is 0 Å². The van der Waals surface area contributed by atoms with E-state index in [1.807, 2.05) is 6.21 Å². The largest absolute Gasteiger partial charge is 0.592 e. The lowest BCUT2D eigenvalue weighted by atomic mass is 10.1. The van der Waals surface area contributed by atoms with Crippen LogP contribution in [0.4, 0.5) is 0 Å². The van der Waals surface area contributed by atoms with Crippen molar-refractivity contribution < 1.29 is 4.55 Å². The minimum absolute atomic E-state index is 0.822. The number of nitrogens with zero attached hydrogens (tertiary/aromatic N) is 1. The van der Waals surface area contributed by atoms with Crippen LogP contribution < -0.4 is 0 Å². The lowest BCUT2D eigenvalue weighted by Crippen LogP contribution is -1.96. The fourth-order valence-electron chi connectivity index (χ4n) is 1.54. The van der Waals surface area contributed by atoms with E-state index in [2.05, 4.69) is 4.40 Å². The minimum Gasteiger partial charge on any atom is -0.592 e. The van der Waals surface area contributed by atoms with Crippen LogP contribution in [0.5, 0.6) is 0 Å². The SMILES string of the molecule is C[S@@+]([O-])/N=C/CC1CCCC1. The average molecular weight is 173 g/mol. The van der Waals surface area contributed by atoms with Gasteiger partial charge in [-0.05, 0) is 12.3 Å². The molecule has 0 N–H and O–H groups in total. The Kier molecular flexibility index (Phi) is 3.94. The highest BCUT2D eigenvalue weighted by Gasteiger charge is 2.13. The highest BCUT2D eigenvalue weighted by Crippen LogP contribution is 2.26. The number of hydrogen-bond donors (Lipinski definition) is 0. The van der Waals surface area contributed by atoms with Crippen molar-refractivity contribution in [3.63, 3.8) is 0 Å². The summed E-state index contributed by atoms with van der Waals surface area (Å²) in [4.78, 5) is 0. The Morgan fingerprint density at radius 2 is 2.18 bits per heavy atom. The van der Waals surface area contributed by atoms with E-state index in [0.29, 0.717) is 0 Å². The van der Waals surface area contributed by atoms with E-state index in [9.17, 15) is 4.55 Å². The molecule has 0 saturated heterocycles. The van der Waals surface area contributed by atoms with Gasteiger partial charge in [0.1, 0.15) is 6.26 Å². The van der Waals surface area contributed by atoms with Gasteiger partial charge in [-0.2, -0.15) is 0 Å². The van der Waals surface area contributed by atoms with Crippen molar-refractivity contribution in [3.8, 4) is 0 Å². The Balaban J connectivity index is 2.10. The number of rotatable bonds is 3. The third-order valence-electron chi connectivity index (χ3n) is 2.14. The Hall–Kier alpha value is -0.0200. The first-order chi connectivity index (χ1) is 5.29. The highest BCUT2D eigenvalue weighted by molar-refractivity contribution is 7.89. The molecule has 0 bridgehead atoms. The fraction of sp³-hybridized carbons (Fsp3) is 0.875. The Morgan fingerprint density at radius 3 is 2.73 bits per heavy atom. The van der Waals surface area contributed by atoms with Crippen LogP contribution in [0.3, 0.4) is 0 Å². The molecule has 0 aromatic carbocycles. The average Bonchev–Trinajstić information content (AvgIpc) is 2.39. The molecule has 0 radical (unpaired) electrons. The molecule has 3 heteroatoms. The lowest BCUT2D eigenvalue weighted by molar-refractivity contribution is 0.577. The first kappa shape index (κ1) is 9.07. The minimum atomic E-state index is -0.996. The van der Waals surface area contributed by atoms with Crippen molar-refractivity contribution in [2.24, 2.45) is 10.3 Å². The monoisotopic (exact) mass is 173 g/mol. The molecule has 1 rings (SSSR count). The van der Waals surface area contributed by atoms with Gasteiger partial charge in [0.15, 0.2) is 0 Å². The van der Waals surface area contributed by atoms with Crippen molar-refractivity contribution in [2.75, 3.05) is 6.26 Å². The van der Waals surface area contributed by atoms with Gasteiger partial charge >= 0.3 is 0 Å². The van der Waals surface area contributed by atoms with Gasteiger partial charge in [-0.25, -0.2) is 0 Å². The third-order valence-corrected chi connectivity index (χ3v) is 2.58. The summed E-state index contributed by atoms with van der Waals surface area (Å²) < 4.78 is 14.4. The highest BCUT2D eigenvalue weighted by atomic mass is 32.2. The van der Waals surface area contributed by atoms with Gasteiger partial charge in [0.25, 0.3) is 0 Å². The molecule has 0 amide bonds. The summed E-state index contributed by atoms with van der Waals surface area (Å²) >= 11 is -0.996. The zero-order valence-corrected chi connectivity index (χ0v) is 7.77. The molecule has 1 aliphatic rings. The van der Waals surface area contributed by atoms with Crippen molar-refractivity contribution in [2.45, 2.75) is 32.1 Å². The Morgan fingerprint density at radius 1 is 1.55 bits per heavy atom. The molecule has 1 saturated carbocycles. The second kappa shape index (κ2) is 4.78. The quantitative estimate of drug-likeness (QED) is 0.474. The molecular weight excluding hydrogens is 158 g/mol. The standard InChI is InChI=1S/C8H15NOS/c1-11(10)9-7-6-8-4-2-3-5-8/h7-8H,2-6H2,1H3/b9-7+/t11-/m1/s1. The molecule has 1 atom stereocenters. The number of hydrogen-bond acceptors (Lipinski definition) is 2. The van der Waals surface area contributed by atoms with Crippen LogP contribution in [0.1, 0.15) is 32.1 Å². The summed E-state index contributed by atoms with van der Waals surface area (Å²) in [6.45, 7) is 0. The van der Waals surface area contributed by atoms with Crippen LogP contribution in [-0.2, 0) is 11.4 Å². The van der Waals surface area contributed by atoms with E-state index in [-0.39, 0.29) is 0 Å². The van der Waals surface area contributed by atoms with Gasteiger partial charge in [-0.15, -0.1) is 0 Å². The zero-order chi connectivity index (χ0) is 8.10. The van der Waals surface area contributed by atoms with Crippen LogP contribution in [-0.4, -0.2) is 17.0 Å². The van der Waals surface area contributed by atoms with E-state index in [1.54, 1.807) is 6.26 Å². The normalized spacial score (nSPS) is 23.1. The van der Waals surface area contributed by atoms with Crippen LogP contribution in [0.25, 0.3) is 0 Å². The molecule has 0 unspecified atom stereocenters. The first-order valence-electron chi connectivity index (χ1n) is 4.15. The van der Waals surface area contributed by atoms with Crippen molar-refractivity contribution >= 4 is 17.6 Å². The van der Waals surface area contributed by atoms with Gasteiger partial charge in [0.05, 0.1) is 17.6 Å². The van der Waals surface area contributed by atoms with Crippen molar-refractivity contribution in [1.82, 2.24) is 0 Å². The van der Waals surface area contributed by atoms with Crippen LogP contribution in [0, 0.1) is 5.92 Å². The fourth-order valence-corrected chi connectivity index (χ4v) is 1.84. The molecule has 1 aliphatic carbocycles. The summed E-state index contributed by atoms with van der Waals surface area (Å²) in [5.74, 6) is 0.822. The molecule has 0 aliphatic heterocycles. The Bertz CT molecular complexity index is 130. The molecule has 1 fully saturated rings. The predicted octanol–water partition coefficient (Wildman–Crippen LogP) is 1.93. The van der Waals surface area contributed by atoms with E-state index >= 15 is 0 Å². The predicted molar refractivity (Wildman–Crippen MR) is 49.1 cm³/mol. The second-order valence-electron chi connectivity index (χ2n) is 3.10. The second-order valence-corrected chi connectivity index (χ2v) is 4.16. The third kappa shape index (κ3) is 3.77. The molecule has 0 heterocycles. The maximum absolute atomic E-state index is 10.5. The van der Waals surface area contributed by atoms with Gasteiger partial charge < -0.3 is 4.55 Å². The van der Waals surface area contributed by atoms with Crippen LogP contribution in [0.2, 0.25) is 0 Å². The summed E-state index contributed by atoms with van der Waals surface area (Å²) in [6.07, 6.45) is 9.86. The molecule has 0 aromatic rings. The molecular formula is C8H15NOS. The first-order valence-corrected chi connectivity index (χ1v) is 5.66. The van der Waals surface area contributed by atoms with E-state index in [1.165, 1.54) is 25.7 Å². The maximum Gasteiger partial charge on any atom is 0.123 e. The topological polar surface area (TPSA) is 35.4 Å². The zero-order valence-electron chi connectivity index (χ0n) is 6.95. The van der Waals surface area contributed by atoms with Crippen molar-refractivity contribution in [1.29, 1.82) is 0 Å². The molecule has 11 heavy (non-hydrogen) atoms. The smallest absolute Gasteiger partial charge is 0.123 e. The van der Waals surface area contributed by atoms with Gasteiger partial charge in [-0.1, -0.05) is 30.1 Å². The summed E-state index contributed by atoms with van der Waals surface area (Å²) in [5.41, 5.74) is 0. The molecule has 64 valence electrons. The Labute approximate surface area is 71.4 Å². The maximum atomic E-state index is 10.5. The van der Waals surface area contributed by atoms with Gasteiger partial charge in [-0.3, -0.25) is 0 Å². The van der Waals surface area contributed by atoms with E-state index in [4.69, 9.17) is 0 Å². The molecule has 2 nitrogen and oxygen atoms in total. The summed E-state index contributed by atoms with van der Waals surface area (Å²) in [7, 11) is 0. The van der Waals surface area contributed by atoms with Crippen LogP contribution in [0.15, 0.2) is 4.40 Å².